The van der Waals surface area contributed by atoms with Crippen LogP contribution in [0.3, 0.4) is 0 Å². The highest BCUT2D eigenvalue weighted by Crippen LogP contribution is 2.47. The summed E-state index contributed by atoms with van der Waals surface area (Å²) in [7, 11) is -3.54. The molecule has 0 amide bonds. The van der Waals surface area contributed by atoms with Crippen LogP contribution in [0.1, 0.15) is 5.56 Å². The second-order valence-electron chi connectivity index (χ2n) is 5.14. The van der Waals surface area contributed by atoms with E-state index in [-0.39, 0.29) is 0 Å². The molecular formula is C19H17O3P. The van der Waals surface area contributed by atoms with E-state index < -0.39 is 7.60 Å². The number of hydrogen-bond donors (Lipinski definition) is 0. The van der Waals surface area contributed by atoms with Gasteiger partial charge in [0.05, 0.1) is 5.30 Å². The lowest BCUT2D eigenvalue weighted by atomic mass is 10.2. The van der Waals surface area contributed by atoms with Gasteiger partial charge in [0.25, 0.3) is 0 Å². The third kappa shape index (κ3) is 3.82. The van der Waals surface area contributed by atoms with Crippen molar-refractivity contribution in [1.29, 1.82) is 0 Å². The van der Waals surface area contributed by atoms with Crippen LogP contribution in [-0.2, 0) is 4.57 Å². The van der Waals surface area contributed by atoms with Gasteiger partial charge in [0.2, 0.25) is 0 Å². The molecular weight excluding hydrogens is 307 g/mol. The lowest BCUT2D eigenvalue weighted by Gasteiger charge is -2.20. The van der Waals surface area contributed by atoms with E-state index in [2.05, 4.69) is 0 Å². The van der Waals surface area contributed by atoms with Crippen LogP contribution in [0.5, 0.6) is 11.5 Å². The Morgan fingerprint density at radius 3 is 1.52 bits per heavy atom. The van der Waals surface area contributed by atoms with Gasteiger partial charge in [0.15, 0.2) is 0 Å². The van der Waals surface area contributed by atoms with Crippen molar-refractivity contribution in [2.45, 2.75) is 6.92 Å². The van der Waals surface area contributed by atoms with Crippen LogP contribution in [0, 0.1) is 6.92 Å². The maximum Gasteiger partial charge on any atom is 0.462 e. The Labute approximate surface area is 136 Å². The van der Waals surface area contributed by atoms with Gasteiger partial charge in [0, 0.05) is 0 Å². The second kappa shape index (κ2) is 6.72. The minimum Gasteiger partial charge on any atom is -0.413 e. The molecule has 0 aromatic heterocycles. The maximum atomic E-state index is 13.4. The van der Waals surface area contributed by atoms with Gasteiger partial charge in [-0.2, -0.15) is 0 Å². The first-order valence-electron chi connectivity index (χ1n) is 7.32. The maximum absolute atomic E-state index is 13.4. The summed E-state index contributed by atoms with van der Waals surface area (Å²) in [6, 6.07) is 25.5. The first-order valence-corrected chi connectivity index (χ1v) is 8.86. The molecule has 116 valence electrons. The van der Waals surface area contributed by atoms with E-state index in [1.807, 2.05) is 55.5 Å². The molecule has 0 unspecified atom stereocenters. The van der Waals surface area contributed by atoms with Crippen LogP contribution >= 0.6 is 7.60 Å². The molecule has 0 fully saturated rings. The average Bonchev–Trinajstić information content (AvgIpc) is 2.57. The van der Waals surface area contributed by atoms with E-state index in [0.29, 0.717) is 16.8 Å². The van der Waals surface area contributed by atoms with Crippen molar-refractivity contribution in [3.05, 3.63) is 90.5 Å². The molecule has 0 atom stereocenters. The molecule has 3 aromatic carbocycles. The van der Waals surface area contributed by atoms with Crippen molar-refractivity contribution in [3.8, 4) is 11.5 Å². The third-order valence-electron chi connectivity index (χ3n) is 3.29. The normalized spacial score (nSPS) is 11.0. The summed E-state index contributed by atoms with van der Waals surface area (Å²) in [5, 5.41) is 0.524. The minimum absolute atomic E-state index is 0.507. The Kier molecular flexibility index (Phi) is 4.50. The van der Waals surface area contributed by atoms with E-state index in [9.17, 15) is 4.57 Å². The second-order valence-corrected chi connectivity index (χ2v) is 7.02. The predicted octanol–water partition coefficient (Wildman–Crippen LogP) is 4.97. The molecule has 4 heteroatoms. The van der Waals surface area contributed by atoms with Crippen molar-refractivity contribution in [3.63, 3.8) is 0 Å². The monoisotopic (exact) mass is 324 g/mol. The summed E-state index contributed by atoms with van der Waals surface area (Å²) in [4.78, 5) is 0. The number of rotatable bonds is 5. The van der Waals surface area contributed by atoms with Crippen molar-refractivity contribution >= 4 is 12.9 Å². The van der Waals surface area contributed by atoms with Gasteiger partial charge in [-0.15, -0.1) is 0 Å². The van der Waals surface area contributed by atoms with E-state index in [1.165, 1.54) is 0 Å². The molecule has 0 saturated heterocycles. The fourth-order valence-electron chi connectivity index (χ4n) is 2.09. The Hall–Kier alpha value is -2.51. The fourth-order valence-corrected chi connectivity index (χ4v) is 3.65. The predicted molar refractivity (Wildman–Crippen MR) is 92.6 cm³/mol. The number of hydrogen-bond acceptors (Lipinski definition) is 3. The fraction of sp³-hybridized carbons (Fsp3) is 0.0526. The van der Waals surface area contributed by atoms with Crippen LogP contribution < -0.4 is 14.4 Å². The molecule has 3 nitrogen and oxygen atoms in total. The highest BCUT2D eigenvalue weighted by atomic mass is 31.2. The van der Waals surface area contributed by atoms with Crippen molar-refractivity contribution in [2.24, 2.45) is 0 Å². The van der Waals surface area contributed by atoms with Crippen molar-refractivity contribution in [2.75, 3.05) is 0 Å². The summed E-state index contributed by atoms with van der Waals surface area (Å²) in [6.45, 7) is 1.98. The lowest BCUT2D eigenvalue weighted by molar-refractivity contribution is 0.399. The van der Waals surface area contributed by atoms with E-state index in [1.54, 1.807) is 36.4 Å². The Bertz CT molecular complexity index is 754. The van der Waals surface area contributed by atoms with Crippen LogP contribution in [0.25, 0.3) is 0 Å². The Morgan fingerprint density at radius 1 is 0.652 bits per heavy atom. The summed E-state index contributed by atoms with van der Waals surface area (Å²) in [6.07, 6.45) is 0. The lowest BCUT2D eigenvalue weighted by Crippen LogP contribution is -2.14. The topological polar surface area (TPSA) is 35.5 Å². The number of aryl methyl sites for hydroxylation is 1. The zero-order valence-corrected chi connectivity index (χ0v) is 13.6. The molecule has 0 heterocycles. The molecule has 0 bridgehead atoms. The van der Waals surface area contributed by atoms with Crippen LogP contribution in [0.4, 0.5) is 0 Å². The largest absolute Gasteiger partial charge is 0.462 e. The summed E-state index contributed by atoms with van der Waals surface area (Å²) >= 11 is 0. The van der Waals surface area contributed by atoms with Gasteiger partial charge in [-0.05, 0) is 43.3 Å². The zero-order chi connectivity index (χ0) is 16.1. The van der Waals surface area contributed by atoms with E-state index >= 15 is 0 Å². The highest BCUT2D eigenvalue weighted by Gasteiger charge is 2.31. The average molecular weight is 324 g/mol. The smallest absolute Gasteiger partial charge is 0.413 e. The first kappa shape index (κ1) is 15.4. The van der Waals surface area contributed by atoms with E-state index in [4.69, 9.17) is 9.05 Å². The Morgan fingerprint density at radius 2 is 1.09 bits per heavy atom. The molecule has 3 aromatic rings. The van der Waals surface area contributed by atoms with Crippen molar-refractivity contribution < 1.29 is 13.6 Å². The van der Waals surface area contributed by atoms with Gasteiger partial charge in [0.1, 0.15) is 11.5 Å². The SMILES string of the molecule is Cc1ccc(P(=O)(Oc2ccccc2)Oc2ccccc2)cc1. The molecule has 0 aliphatic rings. The van der Waals surface area contributed by atoms with Gasteiger partial charge >= 0.3 is 7.60 Å². The van der Waals surface area contributed by atoms with Gasteiger partial charge in [-0.1, -0.05) is 54.1 Å². The summed E-state index contributed by atoms with van der Waals surface area (Å²) in [5.74, 6) is 1.01. The molecule has 0 N–H and O–H groups in total. The molecule has 0 aliphatic carbocycles. The Balaban J connectivity index is 1.98. The third-order valence-corrected chi connectivity index (χ3v) is 5.12. The number of para-hydroxylation sites is 2. The molecule has 23 heavy (non-hydrogen) atoms. The molecule has 0 aliphatic heterocycles. The standard InChI is InChI=1S/C19H17O3P/c1-16-12-14-19(15-13-16)23(20,21-17-8-4-2-5-9-17)22-18-10-6-3-7-11-18/h2-15H,1H3. The quantitative estimate of drug-likeness (QED) is 0.622. The molecule has 0 spiro atoms. The molecule has 0 saturated carbocycles. The number of benzene rings is 3. The first-order chi connectivity index (χ1) is 11.2. The van der Waals surface area contributed by atoms with Crippen LogP contribution in [0.15, 0.2) is 84.9 Å². The summed E-state index contributed by atoms with van der Waals surface area (Å²) < 4.78 is 25.0. The van der Waals surface area contributed by atoms with Crippen LogP contribution in [-0.4, -0.2) is 0 Å². The zero-order valence-electron chi connectivity index (χ0n) is 12.8. The molecule has 3 rings (SSSR count). The van der Waals surface area contributed by atoms with Gasteiger partial charge in [-0.3, -0.25) is 0 Å². The highest BCUT2D eigenvalue weighted by molar-refractivity contribution is 7.63. The van der Waals surface area contributed by atoms with Crippen molar-refractivity contribution in [1.82, 2.24) is 0 Å². The summed E-state index contributed by atoms with van der Waals surface area (Å²) in [5.41, 5.74) is 1.08. The molecule has 0 radical (unpaired) electrons. The minimum atomic E-state index is -3.54. The van der Waals surface area contributed by atoms with E-state index in [0.717, 1.165) is 5.56 Å². The van der Waals surface area contributed by atoms with Gasteiger partial charge < -0.3 is 9.05 Å². The van der Waals surface area contributed by atoms with Gasteiger partial charge in [-0.25, -0.2) is 4.57 Å². The van der Waals surface area contributed by atoms with Crippen LogP contribution in [0.2, 0.25) is 0 Å².